The summed E-state index contributed by atoms with van der Waals surface area (Å²) in [6.45, 7) is 0.0494. The van der Waals surface area contributed by atoms with Crippen molar-refractivity contribution in [3.05, 3.63) is 35.4 Å². The summed E-state index contributed by atoms with van der Waals surface area (Å²) in [5.41, 5.74) is -0.663. The van der Waals surface area contributed by atoms with E-state index >= 15 is 0 Å². The van der Waals surface area contributed by atoms with Crippen molar-refractivity contribution in [3.8, 4) is 0 Å². The molecule has 1 heterocycles. The fourth-order valence-corrected chi connectivity index (χ4v) is 1.86. The van der Waals surface area contributed by atoms with Gasteiger partial charge in [0.05, 0.1) is 12.1 Å². The Balaban J connectivity index is 2.12. The van der Waals surface area contributed by atoms with Crippen molar-refractivity contribution in [1.82, 2.24) is 0 Å². The summed E-state index contributed by atoms with van der Waals surface area (Å²) < 4.78 is 43.3. The molecule has 2 rings (SSSR count). The van der Waals surface area contributed by atoms with Gasteiger partial charge < -0.3 is 9.84 Å². The van der Waals surface area contributed by atoms with Gasteiger partial charge >= 0.3 is 12.1 Å². The third-order valence-corrected chi connectivity index (χ3v) is 2.67. The molecule has 0 saturated carbocycles. The van der Waals surface area contributed by atoms with Crippen molar-refractivity contribution in [2.45, 2.75) is 18.7 Å². The summed E-state index contributed by atoms with van der Waals surface area (Å²) in [5.74, 6) is -1.76. The largest absolute Gasteiger partial charge is 0.474 e. The van der Waals surface area contributed by atoms with Crippen molar-refractivity contribution in [2.24, 2.45) is 4.99 Å². The number of carboxylic acid groups (broad SMARTS) is 1. The van der Waals surface area contributed by atoms with Crippen LogP contribution in [0.25, 0.3) is 0 Å². The average Bonchev–Trinajstić information content (AvgIpc) is 2.77. The Hall–Kier alpha value is -2.05. The number of hydrogen-bond donors (Lipinski definition) is 1. The lowest BCUT2D eigenvalue weighted by Gasteiger charge is -2.15. The Bertz CT molecular complexity index is 525. The van der Waals surface area contributed by atoms with Crippen LogP contribution in [0.5, 0.6) is 0 Å². The van der Waals surface area contributed by atoms with Gasteiger partial charge in [0.1, 0.15) is 6.10 Å². The van der Waals surface area contributed by atoms with Gasteiger partial charge in [-0.3, -0.25) is 0 Å². The number of ether oxygens (including phenoxy) is 1. The molecule has 1 unspecified atom stereocenters. The Morgan fingerprint density at radius 1 is 1.42 bits per heavy atom. The maximum absolute atomic E-state index is 12.8. The molecule has 1 aliphatic heterocycles. The fraction of sp³-hybridized carbons (Fsp3) is 0.333. The minimum atomic E-state index is -4.44. The van der Waals surface area contributed by atoms with E-state index in [1.54, 1.807) is 0 Å². The van der Waals surface area contributed by atoms with E-state index in [2.05, 4.69) is 4.99 Å². The standard InChI is InChI=1S/C12H10F3NO3/c13-12(14,15)9-4-2-1-3-7(9)5-8-6-16-10(19-8)11(17)18/h1-4,8H,5-6H2,(H,17,18). The molecule has 0 bridgehead atoms. The molecule has 0 fully saturated rings. The molecule has 0 amide bonds. The van der Waals surface area contributed by atoms with Crippen molar-refractivity contribution in [2.75, 3.05) is 6.54 Å². The Labute approximate surface area is 106 Å². The summed E-state index contributed by atoms with van der Waals surface area (Å²) in [5, 5.41) is 8.65. The molecule has 0 radical (unpaired) electrons. The van der Waals surface area contributed by atoms with Gasteiger partial charge in [-0.25, -0.2) is 9.79 Å². The molecule has 0 saturated heterocycles. The number of hydrogen-bond acceptors (Lipinski definition) is 3. The van der Waals surface area contributed by atoms with E-state index in [-0.39, 0.29) is 18.5 Å². The summed E-state index contributed by atoms with van der Waals surface area (Å²) in [6, 6.07) is 5.15. The predicted octanol–water partition coefficient (Wildman–Crippen LogP) is 2.13. The highest BCUT2D eigenvalue weighted by Crippen LogP contribution is 2.32. The molecule has 1 aromatic rings. The first-order valence-corrected chi connectivity index (χ1v) is 5.47. The lowest BCUT2D eigenvalue weighted by atomic mass is 10.0. The first-order valence-electron chi connectivity index (χ1n) is 5.47. The van der Waals surface area contributed by atoms with Crippen LogP contribution >= 0.6 is 0 Å². The van der Waals surface area contributed by atoms with E-state index in [1.807, 2.05) is 0 Å². The fourth-order valence-electron chi connectivity index (χ4n) is 1.86. The molecule has 1 atom stereocenters. The Morgan fingerprint density at radius 3 is 2.68 bits per heavy atom. The zero-order chi connectivity index (χ0) is 14.0. The van der Waals surface area contributed by atoms with Gasteiger partial charge in [0.25, 0.3) is 5.90 Å². The van der Waals surface area contributed by atoms with Gasteiger partial charge in [-0.05, 0) is 11.6 Å². The SMILES string of the molecule is O=C(O)C1=NCC(Cc2ccccc2C(F)(F)F)O1. The molecule has 1 aromatic carbocycles. The van der Waals surface area contributed by atoms with E-state index in [0.717, 1.165) is 6.07 Å². The number of aliphatic imine (C=N–C) groups is 1. The lowest BCUT2D eigenvalue weighted by Crippen LogP contribution is -2.22. The second-order valence-electron chi connectivity index (χ2n) is 4.05. The molecule has 7 heteroatoms. The molecule has 1 N–H and O–H groups in total. The molecule has 1 aliphatic rings. The predicted molar refractivity (Wildman–Crippen MR) is 60.0 cm³/mol. The van der Waals surface area contributed by atoms with Crippen LogP contribution in [0.4, 0.5) is 13.2 Å². The van der Waals surface area contributed by atoms with E-state index in [9.17, 15) is 18.0 Å². The summed E-state index contributed by atoms with van der Waals surface area (Å²) in [7, 11) is 0. The van der Waals surface area contributed by atoms with E-state index in [0.29, 0.717) is 0 Å². The van der Waals surface area contributed by atoms with Crippen LogP contribution < -0.4 is 0 Å². The number of carbonyl (C=O) groups is 1. The zero-order valence-corrected chi connectivity index (χ0v) is 9.65. The Morgan fingerprint density at radius 2 is 2.11 bits per heavy atom. The minimum Gasteiger partial charge on any atom is -0.474 e. The molecule has 0 aromatic heterocycles. The zero-order valence-electron chi connectivity index (χ0n) is 9.65. The smallest absolute Gasteiger partial charge is 0.416 e. The third kappa shape index (κ3) is 3.04. The number of carboxylic acids is 1. The molecule has 19 heavy (non-hydrogen) atoms. The average molecular weight is 273 g/mol. The minimum absolute atomic E-state index is 0.0318. The highest BCUT2D eigenvalue weighted by atomic mass is 19.4. The third-order valence-electron chi connectivity index (χ3n) is 2.67. The maximum atomic E-state index is 12.8. The molecular formula is C12H10F3NO3. The number of rotatable bonds is 3. The van der Waals surface area contributed by atoms with E-state index in [1.165, 1.54) is 18.2 Å². The van der Waals surface area contributed by atoms with Crippen LogP contribution in [0.15, 0.2) is 29.3 Å². The van der Waals surface area contributed by atoms with Gasteiger partial charge in [0.15, 0.2) is 0 Å². The number of benzene rings is 1. The van der Waals surface area contributed by atoms with Gasteiger partial charge in [0, 0.05) is 6.42 Å². The van der Waals surface area contributed by atoms with Crippen molar-refractivity contribution >= 4 is 11.9 Å². The van der Waals surface area contributed by atoms with Gasteiger partial charge in [-0.15, -0.1) is 0 Å². The molecule has 4 nitrogen and oxygen atoms in total. The number of aliphatic carboxylic acids is 1. The van der Waals surface area contributed by atoms with Gasteiger partial charge in [-0.2, -0.15) is 13.2 Å². The van der Waals surface area contributed by atoms with Gasteiger partial charge in [-0.1, -0.05) is 18.2 Å². The highest BCUT2D eigenvalue weighted by Gasteiger charge is 2.34. The molecule has 0 spiro atoms. The maximum Gasteiger partial charge on any atom is 0.416 e. The van der Waals surface area contributed by atoms with Crippen LogP contribution in [0.2, 0.25) is 0 Å². The Kier molecular flexibility index (Phi) is 3.46. The van der Waals surface area contributed by atoms with Crippen molar-refractivity contribution in [1.29, 1.82) is 0 Å². The van der Waals surface area contributed by atoms with E-state index in [4.69, 9.17) is 9.84 Å². The molecular weight excluding hydrogens is 263 g/mol. The summed E-state index contributed by atoms with van der Waals surface area (Å²) in [6.07, 6.45) is -5.14. The lowest BCUT2D eigenvalue weighted by molar-refractivity contribution is -0.138. The highest BCUT2D eigenvalue weighted by molar-refractivity contribution is 6.32. The normalized spacial score (nSPS) is 18.9. The van der Waals surface area contributed by atoms with Crippen molar-refractivity contribution in [3.63, 3.8) is 0 Å². The quantitative estimate of drug-likeness (QED) is 0.917. The van der Waals surface area contributed by atoms with Crippen molar-refractivity contribution < 1.29 is 27.8 Å². The number of nitrogens with zero attached hydrogens (tertiary/aromatic N) is 1. The second kappa shape index (κ2) is 4.91. The summed E-state index contributed by atoms with van der Waals surface area (Å²) in [4.78, 5) is 14.2. The van der Waals surface area contributed by atoms with Crippen LogP contribution in [0, 0.1) is 0 Å². The topological polar surface area (TPSA) is 58.9 Å². The van der Waals surface area contributed by atoms with Crippen LogP contribution in [-0.2, 0) is 22.1 Å². The first kappa shape index (κ1) is 13.4. The van der Waals surface area contributed by atoms with Crippen LogP contribution in [0.3, 0.4) is 0 Å². The number of halogens is 3. The summed E-state index contributed by atoms with van der Waals surface area (Å²) >= 11 is 0. The second-order valence-corrected chi connectivity index (χ2v) is 4.05. The molecule has 102 valence electrons. The van der Waals surface area contributed by atoms with Gasteiger partial charge in [0.2, 0.25) is 0 Å². The van der Waals surface area contributed by atoms with Crippen LogP contribution in [0.1, 0.15) is 11.1 Å². The van der Waals surface area contributed by atoms with E-state index < -0.39 is 29.7 Å². The molecule has 0 aliphatic carbocycles. The van der Waals surface area contributed by atoms with Crippen LogP contribution in [-0.4, -0.2) is 29.6 Å². The first-order chi connectivity index (χ1) is 8.88. The number of alkyl halides is 3. The monoisotopic (exact) mass is 273 g/mol.